The summed E-state index contributed by atoms with van der Waals surface area (Å²) in [5.74, 6) is -1.53. The van der Waals surface area contributed by atoms with Gasteiger partial charge < -0.3 is 19.8 Å². The van der Waals surface area contributed by atoms with E-state index in [0.29, 0.717) is 32.0 Å². The van der Waals surface area contributed by atoms with Crippen LogP contribution in [-0.4, -0.2) is 82.8 Å². The summed E-state index contributed by atoms with van der Waals surface area (Å²) in [6.07, 6.45) is 0.330. The van der Waals surface area contributed by atoms with E-state index in [1.165, 1.54) is 4.90 Å². The highest BCUT2D eigenvalue weighted by atomic mass is 19.4. The van der Waals surface area contributed by atoms with E-state index in [0.717, 1.165) is 50.1 Å². The molecule has 3 saturated heterocycles. The van der Waals surface area contributed by atoms with Gasteiger partial charge >= 0.3 is 18.2 Å². The van der Waals surface area contributed by atoms with Gasteiger partial charge in [0.1, 0.15) is 0 Å². The van der Waals surface area contributed by atoms with Crippen LogP contribution < -0.4 is 0 Å². The molecule has 3 heterocycles. The van der Waals surface area contributed by atoms with Gasteiger partial charge in [0.15, 0.2) is 0 Å². The lowest BCUT2D eigenvalue weighted by atomic mass is 9.64. The van der Waals surface area contributed by atoms with Crippen molar-refractivity contribution < 1.29 is 27.9 Å². The predicted molar refractivity (Wildman–Crippen MR) is 94.8 cm³/mol. The van der Waals surface area contributed by atoms with Crippen molar-refractivity contribution in [3.8, 4) is 0 Å². The first kappa shape index (κ1) is 19.8. The molecule has 0 aromatic rings. The zero-order valence-electron chi connectivity index (χ0n) is 16.0. The number of halogens is 3. The average Bonchev–Trinajstić information content (AvgIpc) is 3.26. The molecular formula is C19H28F3N3O3. The lowest BCUT2D eigenvalue weighted by Gasteiger charge is -2.52. The molecular weight excluding hydrogens is 375 g/mol. The van der Waals surface area contributed by atoms with Gasteiger partial charge in [0.25, 0.3) is 0 Å². The molecule has 6 nitrogen and oxygen atoms in total. The van der Waals surface area contributed by atoms with Crippen molar-refractivity contribution in [2.75, 3.05) is 32.7 Å². The molecule has 158 valence electrons. The van der Waals surface area contributed by atoms with Crippen molar-refractivity contribution in [2.24, 2.45) is 11.3 Å². The monoisotopic (exact) mass is 403 g/mol. The molecule has 1 spiro atoms. The maximum absolute atomic E-state index is 12.8. The standard InChI is InChI=1S/C19H28F3N3O3/c20-19(21,22)16(26)25-6-1-2-15(25)13-3-7-23(8-4-13)14-10-18(11-14)5-9-24(12-18)17(27)28/h13-15H,1-12H2,(H,27,28). The molecule has 0 radical (unpaired) electrons. The Kier molecular flexibility index (Phi) is 5.00. The number of carbonyl (C=O) groups is 2. The van der Waals surface area contributed by atoms with E-state index in [1.54, 1.807) is 0 Å². The van der Waals surface area contributed by atoms with Crippen LogP contribution >= 0.6 is 0 Å². The fraction of sp³-hybridized carbons (Fsp3) is 0.895. The lowest BCUT2D eigenvalue weighted by molar-refractivity contribution is -0.187. The molecule has 2 amide bonds. The van der Waals surface area contributed by atoms with E-state index >= 15 is 0 Å². The van der Waals surface area contributed by atoms with Crippen LogP contribution in [0.4, 0.5) is 18.0 Å². The highest BCUT2D eigenvalue weighted by Crippen LogP contribution is 2.50. The summed E-state index contributed by atoms with van der Waals surface area (Å²) in [5.41, 5.74) is 0.140. The number of nitrogens with zero attached hydrogens (tertiary/aromatic N) is 3. The van der Waals surface area contributed by atoms with Crippen LogP contribution in [0.1, 0.15) is 44.9 Å². The second-order valence-corrected chi connectivity index (χ2v) is 9.10. The number of piperidine rings is 1. The summed E-state index contributed by atoms with van der Waals surface area (Å²) in [4.78, 5) is 27.8. The number of hydrogen-bond acceptors (Lipinski definition) is 3. The smallest absolute Gasteiger partial charge is 0.465 e. The summed E-state index contributed by atoms with van der Waals surface area (Å²) < 4.78 is 38.5. The van der Waals surface area contributed by atoms with Gasteiger partial charge in [-0.1, -0.05) is 0 Å². The van der Waals surface area contributed by atoms with Crippen LogP contribution in [0.25, 0.3) is 0 Å². The van der Waals surface area contributed by atoms with Crippen LogP contribution in [0.2, 0.25) is 0 Å². The molecule has 4 fully saturated rings. The largest absolute Gasteiger partial charge is 0.471 e. The Morgan fingerprint density at radius 1 is 1.00 bits per heavy atom. The molecule has 1 atom stereocenters. The van der Waals surface area contributed by atoms with Gasteiger partial charge in [-0.15, -0.1) is 0 Å². The van der Waals surface area contributed by atoms with Crippen molar-refractivity contribution in [1.82, 2.24) is 14.7 Å². The molecule has 0 aromatic carbocycles. The molecule has 1 N–H and O–H groups in total. The minimum Gasteiger partial charge on any atom is -0.465 e. The van der Waals surface area contributed by atoms with E-state index in [2.05, 4.69) is 4.90 Å². The molecule has 1 unspecified atom stereocenters. The van der Waals surface area contributed by atoms with Crippen LogP contribution in [-0.2, 0) is 4.79 Å². The maximum atomic E-state index is 12.8. The van der Waals surface area contributed by atoms with Crippen LogP contribution in [0.5, 0.6) is 0 Å². The van der Waals surface area contributed by atoms with Gasteiger partial charge in [-0.2, -0.15) is 13.2 Å². The topological polar surface area (TPSA) is 64.1 Å². The van der Waals surface area contributed by atoms with Crippen LogP contribution in [0, 0.1) is 11.3 Å². The molecule has 1 aliphatic carbocycles. The van der Waals surface area contributed by atoms with Gasteiger partial charge in [0.2, 0.25) is 0 Å². The van der Waals surface area contributed by atoms with Gasteiger partial charge in [-0.3, -0.25) is 4.79 Å². The zero-order chi connectivity index (χ0) is 20.1. The Balaban J connectivity index is 1.27. The van der Waals surface area contributed by atoms with Crippen molar-refractivity contribution >= 4 is 12.0 Å². The van der Waals surface area contributed by atoms with Crippen LogP contribution in [0.3, 0.4) is 0 Å². The SMILES string of the molecule is O=C(O)N1CCC2(CC(N3CCC(C4CCCN4C(=O)C(F)(F)F)CC3)C2)C1. The van der Waals surface area contributed by atoms with Crippen LogP contribution in [0.15, 0.2) is 0 Å². The Hall–Kier alpha value is -1.51. The Morgan fingerprint density at radius 3 is 2.25 bits per heavy atom. The van der Waals surface area contributed by atoms with E-state index in [9.17, 15) is 22.8 Å². The third kappa shape index (κ3) is 3.57. The highest BCUT2D eigenvalue weighted by molar-refractivity contribution is 5.82. The number of carboxylic acid groups (broad SMARTS) is 1. The fourth-order valence-electron chi connectivity index (χ4n) is 6.00. The first-order chi connectivity index (χ1) is 13.2. The number of hydrogen-bond donors (Lipinski definition) is 1. The van der Waals surface area contributed by atoms with E-state index in [-0.39, 0.29) is 23.9 Å². The summed E-state index contributed by atoms with van der Waals surface area (Å²) in [5, 5.41) is 9.14. The molecule has 9 heteroatoms. The quantitative estimate of drug-likeness (QED) is 0.770. The van der Waals surface area contributed by atoms with Gasteiger partial charge in [0, 0.05) is 31.7 Å². The highest BCUT2D eigenvalue weighted by Gasteiger charge is 2.52. The molecule has 0 bridgehead atoms. The first-order valence-corrected chi connectivity index (χ1v) is 10.3. The summed E-state index contributed by atoms with van der Waals surface area (Å²) in [6, 6.07) is 0.189. The number of amides is 2. The minimum absolute atomic E-state index is 0.140. The fourth-order valence-corrected chi connectivity index (χ4v) is 6.00. The third-order valence-electron chi connectivity index (χ3n) is 7.48. The molecule has 1 saturated carbocycles. The summed E-state index contributed by atoms with van der Waals surface area (Å²) in [6.45, 7) is 3.19. The number of rotatable bonds is 2. The van der Waals surface area contributed by atoms with E-state index in [1.807, 2.05) is 0 Å². The Labute approximate surface area is 162 Å². The molecule has 3 aliphatic heterocycles. The molecule has 4 aliphatic rings. The first-order valence-electron chi connectivity index (χ1n) is 10.3. The van der Waals surface area contributed by atoms with Crippen molar-refractivity contribution in [3.05, 3.63) is 0 Å². The van der Waals surface area contributed by atoms with Crippen molar-refractivity contribution in [3.63, 3.8) is 0 Å². The van der Waals surface area contributed by atoms with Gasteiger partial charge in [-0.25, -0.2) is 4.79 Å². The third-order valence-corrected chi connectivity index (χ3v) is 7.48. The maximum Gasteiger partial charge on any atom is 0.471 e. The van der Waals surface area contributed by atoms with Crippen molar-refractivity contribution in [1.29, 1.82) is 0 Å². The predicted octanol–water partition coefficient (Wildman–Crippen LogP) is 2.78. The second kappa shape index (κ2) is 7.07. The van der Waals surface area contributed by atoms with E-state index in [4.69, 9.17) is 5.11 Å². The summed E-state index contributed by atoms with van der Waals surface area (Å²) >= 11 is 0. The normalized spacial score (nSPS) is 34.8. The lowest BCUT2D eigenvalue weighted by Crippen LogP contribution is -2.55. The zero-order valence-corrected chi connectivity index (χ0v) is 16.0. The molecule has 4 rings (SSSR count). The number of likely N-dealkylation sites (tertiary alicyclic amines) is 3. The van der Waals surface area contributed by atoms with Gasteiger partial charge in [0.05, 0.1) is 0 Å². The van der Waals surface area contributed by atoms with Crippen molar-refractivity contribution in [2.45, 2.75) is 63.2 Å². The summed E-state index contributed by atoms with van der Waals surface area (Å²) in [7, 11) is 0. The average molecular weight is 403 g/mol. The minimum atomic E-state index is -4.78. The van der Waals surface area contributed by atoms with Gasteiger partial charge in [-0.05, 0) is 69.4 Å². The second-order valence-electron chi connectivity index (χ2n) is 9.10. The Bertz CT molecular complexity index is 628. The number of alkyl halides is 3. The van der Waals surface area contributed by atoms with E-state index < -0.39 is 18.2 Å². The Morgan fingerprint density at radius 2 is 1.68 bits per heavy atom. The molecule has 0 aromatic heterocycles. The number of carbonyl (C=O) groups excluding carboxylic acids is 1. The molecule has 28 heavy (non-hydrogen) atoms.